The minimum atomic E-state index is -0.565. The molecule has 2 aromatic rings. The molecular formula is C18H18FN3O3. The maximum Gasteiger partial charge on any atom is 0.274 e. The molecule has 1 aromatic heterocycles. The lowest BCUT2D eigenvalue weighted by Gasteiger charge is -2.21. The predicted molar refractivity (Wildman–Crippen MR) is 88.2 cm³/mol. The number of ether oxygens (including phenoxy) is 1. The second-order valence-electron chi connectivity index (χ2n) is 6.70. The molecule has 7 heteroatoms. The van der Waals surface area contributed by atoms with Gasteiger partial charge in [0.25, 0.3) is 11.5 Å². The fraction of sp³-hybridized carbons (Fsp3) is 0.389. The normalized spacial score (nSPS) is 22.7. The van der Waals surface area contributed by atoms with Crippen LogP contribution in [0.2, 0.25) is 0 Å². The number of amides is 1. The molecule has 6 nitrogen and oxygen atoms in total. The number of hydrogen-bond donors (Lipinski definition) is 0. The summed E-state index contributed by atoms with van der Waals surface area (Å²) in [5.41, 5.74) is -0.262. The topological polar surface area (TPSA) is 64.4 Å². The summed E-state index contributed by atoms with van der Waals surface area (Å²) < 4.78 is 20.4. The highest BCUT2D eigenvalue weighted by molar-refractivity contribution is 5.92. The predicted octanol–water partition coefficient (Wildman–Crippen LogP) is 1.62. The lowest BCUT2D eigenvalue weighted by Crippen LogP contribution is -2.34. The molecule has 1 aromatic carbocycles. The van der Waals surface area contributed by atoms with Crippen LogP contribution in [-0.4, -0.2) is 46.9 Å². The molecule has 2 aliphatic heterocycles. The maximum absolute atomic E-state index is 14.0. The summed E-state index contributed by atoms with van der Waals surface area (Å²) in [4.78, 5) is 26.6. The van der Waals surface area contributed by atoms with E-state index in [-0.39, 0.29) is 22.7 Å². The smallest absolute Gasteiger partial charge is 0.274 e. The summed E-state index contributed by atoms with van der Waals surface area (Å²) in [6.45, 7) is 2.69. The van der Waals surface area contributed by atoms with E-state index in [1.807, 2.05) is 0 Å². The van der Waals surface area contributed by atoms with Crippen molar-refractivity contribution in [1.29, 1.82) is 0 Å². The Kier molecular flexibility index (Phi) is 3.88. The lowest BCUT2D eigenvalue weighted by atomic mass is 9.87. The van der Waals surface area contributed by atoms with Gasteiger partial charge >= 0.3 is 0 Å². The first-order chi connectivity index (χ1) is 12.1. The number of para-hydroxylation sites is 1. The van der Waals surface area contributed by atoms with Crippen LogP contribution in [0.4, 0.5) is 4.39 Å². The van der Waals surface area contributed by atoms with Crippen molar-refractivity contribution in [1.82, 2.24) is 14.7 Å². The van der Waals surface area contributed by atoms with Crippen molar-refractivity contribution in [2.45, 2.75) is 12.8 Å². The first-order valence-corrected chi connectivity index (χ1v) is 8.30. The van der Waals surface area contributed by atoms with E-state index < -0.39 is 11.4 Å². The summed E-state index contributed by atoms with van der Waals surface area (Å²) >= 11 is 0. The maximum atomic E-state index is 14.0. The van der Waals surface area contributed by atoms with Gasteiger partial charge in [0.1, 0.15) is 17.2 Å². The molecule has 130 valence electrons. The first-order valence-electron chi connectivity index (χ1n) is 8.30. The summed E-state index contributed by atoms with van der Waals surface area (Å²) in [6, 6.07) is 8.51. The van der Waals surface area contributed by atoms with Gasteiger partial charge in [0, 0.05) is 31.2 Å². The third kappa shape index (κ3) is 2.84. The second-order valence-corrected chi connectivity index (χ2v) is 6.70. The molecular weight excluding hydrogens is 325 g/mol. The Bertz CT molecular complexity index is 874. The van der Waals surface area contributed by atoms with Crippen molar-refractivity contribution in [2.24, 2.45) is 5.41 Å². The number of aromatic nitrogens is 2. The Hall–Kier alpha value is -2.54. The van der Waals surface area contributed by atoms with Crippen LogP contribution in [0.3, 0.4) is 0 Å². The van der Waals surface area contributed by atoms with Crippen LogP contribution < -0.4 is 5.56 Å². The Labute approximate surface area is 143 Å². The average molecular weight is 343 g/mol. The van der Waals surface area contributed by atoms with Crippen LogP contribution in [-0.2, 0) is 4.74 Å². The molecule has 4 rings (SSSR count). The lowest BCUT2D eigenvalue weighted by molar-refractivity contribution is 0.0758. The van der Waals surface area contributed by atoms with Crippen LogP contribution >= 0.6 is 0 Å². The van der Waals surface area contributed by atoms with E-state index in [1.54, 1.807) is 11.0 Å². The van der Waals surface area contributed by atoms with Crippen molar-refractivity contribution in [3.05, 3.63) is 58.3 Å². The molecule has 2 saturated heterocycles. The SMILES string of the molecule is O=C(c1ccc(=O)n(-c2ccccc2F)n1)N1CCC2(CCOC2)C1. The van der Waals surface area contributed by atoms with Gasteiger partial charge in [-0.1, -0.05) is 12.1 Å². The molecule has 0 saturated carbocycles. The molecule has 1 unspecified atom stereocenters. The molecule has 0 aliphatic carbocycles. The highest BCUT2D eigenvalue weighted by atomic mass is 19.1. The monoisotopic (exact) mass is 343 g/mol. The third-order valence-corrected chi connectivity index (χ3v) is 5.01. The minimum absolute atomic E-state index is 0.0317. The van der Waals surface area contributed by atoms with E-state index in [4.69, 9.17) is 4.74 Å². The fourth-order valence-electron chi connectivity index (χ4n) is 3.56. The molecule has 2 aliphatic rings. The minimum Gasteiger partial charge on any atom is -0.381 e. The molecule has 2 fully saturated rings. The summed E-state index contributed by atoms with van der Waals surface area (Å²) in [7, 11) is 0. The van der Waals surface area contributed by atoms with E-state index in [1.165, 1.54) is 30.3 Å². The number of carbonyl (C=O) groups is 1. The van der Waals surface area contributed by atoms with Gasteiger partial charge in [-0.05, 0) is 31.0 Å². The van der Waals surface area contributed by atoms with Crippen LogP contribution in [0.5, 0.6) is 0 Å². The molecule has 25 heavy (non-hydrogen) atoms. The van der Waals surface area contributed by atoms with Crippen LogP contribution in [0.15, 0.2) is 41.2 Å². The zero-order valence-electron chi connectivity index (χ0n) is 13.7. The van der Waals surface area contributed by atoms with Crippen molar-refractivity contribution in [3.8, 4) is 5.69 Å². The van der Waals surface area contributed by atoms with E-state index in [9.17, 15) is 14.0 Å². The standard InChI is InChI=1S/C18H18FN3O3/c19-13-3-1-2-4-15(13)22-16(23)6-5-14(20-22)17(24)21-9-7-18(11-21)8-10-25-12-18/h1-6H,7-12H2. The molecule has 1 amide bonds. The summed E-state index contributed by atoms with van der Waals surface area (Å²) in [5.74, 6) is -0.807. The van der Waals surface area contributed by atoms with Gasteiger partial charge in [-0.3, -0.25) is 9.59 Å². The van der Waals surface area contributed by atoms with Crippen LogP contribution in [0.1, 0.15) is 23.3 Å². The van der Waals surface area contributed by atoms with E-state index in [0.29, 0.717) is 19.7 Å². The van der Waals surface area contributed by atoms with Crippen molar-refractivity contribution in [3.63, 3.8) is 0 Å². The number of carbonyl (C=O) groups excluding carboxylic acids is 1. The highest BCUT2D eigenvalue weighted by Gasteiger charge is 2.43. The molecule has 1 atom stereocenters. The zero-order chi connectivity index (χ0) is 17.4. The Morgan fingerprint density at radius 1 is 1.20 bits per heavy atom. The van der Waals surface area contributed by atoms with Crippen molar-refractivity contribution < 1.29 is 13.9 Å². The zero-order valence-corrected chi connectivity index (χ0v) is 13.7. The number of likely N-dealkylation sites (tertiary alicyclic amines) is 1. The quantitative estimate of drug-likeness (QED) is 0.831. The van der Waals surface area contributed by atoms with Crippen molar-refractivity contribution in [2.75, 3.05) is 26.3 Å². The molecule has 0 bridgehead atoms. The summed E-state index contributed by atoms with van der Waals surface area (Å²) in [6.07, 6.45) is 1.87. The van der Waals surface area contributed by atoms with Crippen LogP contribution in [0, 0.1) is 11.2 Å². The molecule has 0 radical (unpaired) electrons. The van der Waals surface area contributed by atoms with Gasteiger partial charge in [0.15, 0.2) is 0 Å². The number of benzene rings is 1. The Morgan fingerprint density at radius 2 is 2.04 bits per heavy atom. The van der Waals surface area contributed by atoms with E-state index in [0.717, 1.165) is 24.1 Å². The third-order valence-electron chi connectivity index (χ3n) is 5.01. The van der Waals surface area contributed by atoms with Crippen molar-refractivity contribution >= 4 is 5.91 Å². The largest absolute Gasteiger partial charge is 0.381 e. The first kappa shape index (κ1) is 16.0. The second kappa shape index (κ2) is 6.07. The molecule has 3 heterocycles. The Morgan fingerprint density at radius 3 is 2.80 bits per heavy atom. The van der Waals surface area contributed by atoms with Gasteiger partial charge in [-0.2, -0.15) is 9.78 Å². The highest BCUT2D eigenvalue weighted by Crippen LogP contribution is 2.38. The van der Waals surface area contributed by atoms with Gasteiger partial charge in [0.05, 0.1) is 6.61 Å². The number of rotatable bonds is 2. The van der Waals surface area contributed by atoms with Gasteiger partial charge in [-0.25, -0.2) is 4.39 Å². The molecule has 1 spiro atoms. The molecule has 0 N–H and O–H groups in total. The van der Waals surface area contributed by atoms with Gasteiger partial charge in [0.2, 0.25) is 0 Å². The number of hydrogen-bond acceptors (Lipinski definition) is 4. The van der Waals surface area contributed by atoms with Gasteiger partial charge in [-0.15, -0.1) is 0 Å². The number of halogens is 1. The summed E-state index contributed by atoms with van der Waals surface area (Å²) in [5, 5.41) is 4.10. The average Bonchev–Trinajstić information content (AvgIpc) is 3.26. The van der Waals surface area contributed by atoms with Gasteiger partial charge < -0.3 is 9.64 Å². The fourth-order valence-corrected chi connectivity index (χ4v) is 3.56. The van der Waals surface area contributed by atoms with Crippen LogP contribution in [0.25, 0.3) is 5.69 Å². The Balaban J connectivity index is 1.63. The van der Waals surface area contributed by atoms with E-state index in [2.05, 4.69) is 5.10 Å². The number of nitrogens with zero attached hydrogens (tertiary/aromatic N) is 3. The van der Waals surface area contributed by atoms with E-state index >= 15 is 0 Å².